The molecular weight excluding hydrogens is 384 g/mol. The first-order valence-corrected chi connectivity index (χ1v) is 8.90. The Morgan fingerprint density at radius 2 is 1.72 bits per heavy atom. The number of anilines is 1. The zero-order valence-electron chi connectivity index (χ0n) is 13.7. The van der Waals surface area contributed by atoms with E-state index in [9.17, 15) is 9.59 Å². The molecule has 0 saturated carbocycles. The summed E-state index contributed by atoms with van der Waals surface area (Å²) in [6.45, 7) is 0.730. The number of hydrogen-bond donors (Lipinski definition) is 0. The number of benzene rings is 2. The molecule has 1 aliphatic rings. The molecule has 2 amide bonds. The molecule has 2 aromatic rings. The third-order valence-electron chi connectivity index (χ3n) is 4.15. The first kappa shape index (κ1) is 17.5. The van der Waals surface area contributed by atoms with Crippen molar-refractivity contribution in [2.45, 2.75) is 25.5 Å². The van der Waals surface area contributed by atoms with Crippen LogP contribution in [0.1, 0.15) is 18.4 Å². The van der Waals surface area contributed by atoms with Gasteiger partial charge in [-0.1, -0.05) is 48.5 Å². The second-order valence-electron chi connectivity index (χ2n) is 5.85. The first-order chi connectivity index (χ1) is 12.2. The number of carbonyl (C=O) groups is 2. The highest BCUT2D eigenvalue weighted by Gasteiger charge is 2.37. The van der Waals surface area contributed by atoms with Gasteiger partial charge in [0, 0.05) is 6.54 Å². The fourth-order valence-corrected chi connectivity index (χ4v) is 3.33. The topological polar surface area (TPSA) is 49.9 Å². The van der Waals surface area contributed by atoms with Gasteiger partial charge in [-0.2, -0.15) is 0 Å². The van der Waals surface area contributed by atoms with Crippen molar-refractivity contribution in [2.75, 3.05) is 10.5 Å². The van der Waals surface area contributed by atoms with Gasteiger partial charge in [0.15, 0.2) is 0 Å². The number of amides is 2. The number of para-hydroxylation sites is 1. The quantitative estimate of drug-likeness (QED) is 0.722. The first-order valence-electron chi connectivity index (χ1n) is 8.19. The Morgan fingerprint density at radius 3 is 2.40 bits per heavy atom. The Bertz CT molecular complexity index is 724. The fourth-order valence-electron chi connectivity index (χ4n) is 2.86. The average Bonchev–Trinajstić information content (AvgIpc) is 3.16. The highest BCUT2D eigenvalue weighted by atomic mass is 79.9. The van der Waals surface area contributed by atoms with Crippen LogP contribution < -0.4 is 3.93 Å². The minimum Gasteiger partial charge on any atom is -0.445 e. The van der Waals surface area contributed by atoms with E-state index >= 15 is 0 Å². The lowest BCUT2D eigenvalue weighted by Crippen LogP contribution is -2.45. The second-order valence-corrected chi connectivity index (χ2v) is 6.56. The third kappa shape index (κ3) is 4.20. The molecular formula is C19H19BrN2O3. The molecule has 1 heterocycles. The van der Waals surface area contributed by atoms with Gasteiger partial charge in [-0.3, -0.25) is 9.69 Å². The van der Waals surface area contributed by atoms with Gasteiger partial charge in [0.05, 0.1) is 21.8 Å². The van der Waals surface area contributed by atoms with Crippen molar-refractivity contribution in [3.63, 3.8) is 0 Å². The lowest BCUT2D eigenvalue weighted by molar-refractivity contribution is -0.121. The minimum absolute atomic E-state index is 0.166. The van der Waals surface area contributed by atoms with E-state index < -0.39 is 12.1 Å². The Kier molecular flexibility index (Phi) is 5.71. The van der Waals surface area contributed by atoms with Crippen LogP contribution in [0.3, 0.4) is 0 Å². The summed E-state index contributed by atoms with van der Waals surface area (Å²) in [4.78, 5) is 26.7. The molecule has 0 radical (unpaired) electrons. The number of halogens is 1. The number of likely N-dealkylation sites (tertiary alicyclic amines) is 1. The fraction of sp³-hybridized carbons (Fsp3) is 0.263. The van der Waals surface area contributed by atoms with Gasteiger partial charge in [-0.25, -0.2) is 8.72 Å². The molecule has 25 heavy (non-hydrogen) atoms. The summed E-state index contributed by atoms with van der Waals surface area (Å²) in [5.74, 6) is -0.166. The van der Waals surface area contributed by atoms with Crippen LogP contribution in [-0.2, 0) is 16.1 Å². The monoisotopic (exact) mass is 402 g/mol. The van der Waals surface area contributed by atoms with Crippen LogP contribution in [0.25, 0.3) is 0 Å². The van der Waals surface area contributed by atoms with E-state index in [1.54, 1.807) is 0 Å². The van der Waals surface area contributed by atoms with E-state index in [4.69, 9.17) is 4.74 Å². The van der Waals surface area contributed by atoms with E-state index in [2.05, 4.69) is 16.1 Å². The molecule has 0 spiro atoms. The Labute approximate surface area is 155 Å². The third-order valence-corrected chi connectivity index (χ3v) is 4.91. The summed E-state index contributed by atoms with van der Waals surface area (Å²) < 4.78 is 6.80. The second kappa shape index (κ2) is 8.16. The number of nitrogens with zero attached hydrogens (tertiary/aromatic N) is 2. The molecule has 2 aromatic carbocycles. The van der Waals surface area contributed by atoms with E-state index in [1.165, 1.54) is 8.83 Å². The van der Waals surface area contributed by atoms with Gasteiger partial charge in [0.25, 0.3) is 5.91 Å². The van der Waals surface area contributed by atoms with Crippen molar-refractivity contribution >= 4 is 33.8 Å². The highest BCUT2D eigenvalue weighted by molar-refractivity contribution is 9.10. The Morgan fingerprint density at radius 1 is 1.08 bits per heavy atom. The lowest BCUT2D eigenvalue weighted by Gasteiger charge is -2.26. The maximum Gasteiger partial charge on any atom is 0.410 e. The molecule has 5 nitrogen and oxygen atoms in total. The van der Waals surface area contributed by atoms with Crippen molar-refractivity contribution in [2.24, 2.45) is 0 Å². The number of carbonyl (C=O) groups excluding carboxylic acids is 2. The Balaban J connectivity index is 1.63. The number of rotatable bonds is 4. The van der Waals surface area contributed by atoms with Gasteiger partial charge in [-0.15, -0.1) is 0 Å². The summed E-state index contributed by atoms with van der Waals surface area (Å²) in [5, 5.41) is 0. The molecule has 1 atom stereocenters. The maximum atomic E-state index is 12.8. The van der Waals surface area contributed by atoms with Crippen LogP contribution in [-0.4, -0.2) is 29.5 Å². The zero-order chi connectivity index (χ0) is 17.6. The average molecular weight is 403 g/mol. The van der Waals surface area contributed by atoms with Crippen LogP contribution in [0.4, 0.5) is 10.5 Å². The van der Waals surface area contributed by atoms with Crippen LogP contribution in [0.2, 0.25) is 0 Å². The van der Waals surface area contributed by atoms with Crippen LogP contribution in [0.15, 0.2) is 60.7 Å². The highest BCUT2D eigenvalue weighted by Crippen LogP contribution is 2.25. The molecule has 6 heteroatoms. The molecule has 0 aliphatic carbocycles. The van der Waals surface area contributed by atoms with Gasteiger partial charge >= 0.3 is 6.09 Å². The van der Waals surface area contributed by atoms with Crippen molar-refractivity contribution in [1.82, 2.24) is 4.90 Å². The molecule has 0 N–H and O–H groups in total. The molecule has 1 saturated heterocycles. The van der Waals surface area contributed by atoms with Crippen molar-refractivity contribution in [3.05, 3.63) is 66.2 Å². The van der Waals surface area contributed by atoms with Crippen LogP contribution in [0.5, 0.6) is 0 Å². The van der Waals surface area contributed by atoms with Crippen LogP contribution >= 0.6 is 16.1 Å². The minimum atomic E-state index is -0.511. The molecule has 1 fully saturated rings. The predicted molar refractivity (Wildman–Crippen MR) is 99.2 cm³/mol. The summed E-state index contributed by atoms with van der Waals surface area (Å²) in [6.07, 6.45) is 0.967. The molecule has 1 unspecified atom stereocenters. The van der Waals surface area contributed by atoms with Crippen molar-refractivity contribution in [3.8, 4) is 0 Å². The van der Waals surface area contributed by atoms with Gasteiger partial charge < -0.3 is 4.74 Å². The van der Waals surface area contributed by atoms with E-state index in [0.717, 1.165) is 17.7 Å². The number of hydrogen-bond acceptors (Lipinski definition) is 3. The van der Waals surface area contributed by atoms with E-state index in [0.29, 0.717) is 13.0 Å². The van der Waals surface area contributed by atoms with Crippen molar-refractivity contribution < 1.29 is 14.3 Å². The standard InChI is InChI=1S/C19H19BrN2O3/c20-22(16-10-5-2-6-11-16)18(23)17-12-7-13-21(17)19(24)25-14-15-8-3-1-4-9-15/h1-6,8-11,17H,7,12-14H2. The molecule has 3 rings (SSSR count). The summed E-state index contributed by atoms with van der Waals surface area (Å²) >= 11 is 3.32. The summed E-state index contributed by atoms with van der Waals surface area (Å²) in [7, 11) is 0. The largest absolute Gasteiger partial charge is 0.445 e. The van der Waals surface area contributed by atoms with Gasteiger partial charge in [-0.05, 0) is 30.5 Å². The predicted octanol–water partition coefficient (Wildman–Crippen LogP) is 4.13. The van der Waals surface area contributed by atoms with Crippen LogP contribution in [0, 0.1) is 0 Å². The van der Waals surface area contributed by atoms with E-state index in [1.807, 2.05) is 60.7 Å². The van der Waals surface area contributed by atoms with Gasteiger partial charge in [0.1, 0.15) is 12.6 Å². The Hall–Kier alpha value is -2.34. The van der Waals surface area contributed by atoms with Crippen molar-refractivity contribution in [1.29, 1.82) is 0 Å². The molecule has 130 valence electrons. The zero-order valence-corrected chi connectivity index (χ0v) is 15.3. The summed E-state index contributed by atoms with van der Waals surface area (Å²) in [6, 6.07) is 18.3. The normalized spacial score (nSPS) is 16.5. The molecule has 0 aromatic heterocycles. The maximum absolute atomic E-state index is 12.8. The number of ether oxygens (including phenoxy) is 1. The SMILES string of the molecule is O=C(C1CCCN1C(=O)OCc1ccccc1)N(Br)c1ccccc1. The lowest BCUT2D eigenvalue weighted by atomic mass is 10.2. The molecule has 1 aliphatic heterocycles. The van der Waals surface area contributed by atoms with E-state index in [-0.39, 0.29) is 12.5 Å². The molecule has 0 bridgehead atoms. The van der Waals surface area contributed by atoms with Gasteiger partial charge in [0.2, 0.25) is 0 Å². The summed E-state index contributed by atoms with van der Waals surface area (Å²) in [5.41, 5.74) is 1.65. The smallest absolute Gasteiger partial charge is 0.410 e.